The van der Waals surface area contributed by atoms with Crippen LogP contribution < -0.4 is 5.32 Å². The van der Waals surface area contributed by atoms with Gasteiger partial charge in [0, 0.05) is 17.6 Å². The minimum Gasteiger partial charge on any atom is -0.330 e. The van der Waals surface area contributed by atoms with Crippen LogP contribution in [0, 0.1) is 25.5 Å². The first kappa shape index (κ1) is 23.4. The van der Waals surface area contributed by atoms with E-state index in [9.17, 15) is 18.4 Å². The summed E-state index contributed by atoms with van der Waals surface area (Å²) in [6.45, 7) is 5.60. The number of carbonyl (C=O) groups excluding carboxylic acids is 2. The third kappa shape index (κ3) is 5.50. The molecule has 0 fully saturated rings. The Balaban J connectivity index is 1.79. The summed E-state index contributed by atoms with van der Waals surface area (Å²) in [5.41, 5.74) is 2.02. The van der Waals surface area contributed by atoms with E-state index in [0.29, 0.717) is 10.6 Å². The van der Waals surface area contributed by atoms with Crippen molar-refractivity contribution in [3.05, 3.63) is 83.1 Å². The van der Waals surface area contributed by atoms with Gasteiger partial charge in [-0.25, -0.2) is 13.8 Å². The van der Waals surface area contributed by atoms with Gasteiger partial charge in [0.25, 0.3) is 5.91 Å². The van der Waals surface area contributed by atoms with Crippen molar-refractivity contribution in [1.29, 1.82) is 0 Å². The number of nitrogens with one attached hydrogen (secondary N) is 1. The number of halogens is 2. The number of rotatable bonds is 7. The Hall–Kier alpha value is -3.26. The molecule has 0 spiro atoms. The minimum atomic E-state index is -0.882. The molecule has 3 rings (SSSR count). The fourth-order valence-electron chi connectivity index (χ4n) is 3.12. The van der Waals surface area contributed by atoms with Crippen LogP contribution in [0.4, 0.5) is 14.5 Å². The molecule has 1 heterocycles. The van der Waals surface area contributed by atoms with Crippen molar-refractivity contribution in [2.45, 2.75) is 30.7 Å². The maximum Gasteiger partial charge on any atom is 0.257 e. The van der Waals surface area contributed by atoms with Gasteiger partial charge in [-0.2, -0.15) is 0 Å². The lowest BCUT2D eigenvalue weighted by Crippen LogP contribution is -2.38. The van der Waals surface area contributed by atoms with E-state index >= 15 is 0 Å². The van der Waals surface area contributed by atoms with Gasteiger partial charge in [-0.3, -0.25) is 9.59 Å². The number of aryl methyl sites for hydroxylation is 2. The lowest BCUT2D eigenvalue weighted by atomic mass is 10.2. The summed E-state index contributed by atoms with van der Waals surface area (Å²) in [5.74, 6) is -2.85. The lowest BCUT2D eigenvalue weighted by Gasteiger charge is -2.21. The molecule has 0 bridgehead atoms. The van der Waals surface area contributed by atoms with Crippen molar-refractivity contribution in [2.75, 3.05) is 18.4 Å². The summed E-state index contributed by atoms with van der Waals surface area (Å²) in [5, 5.41) is 2.73. The quantitative estimate of drug-likeness (QED) is 0.530. The summed E-state index contributed by atoms with van der Waals surface area (Å²) in [4.78, 5) is 32.2. The van der Waals surface area contributed by atoms with E-state index in [0.717, 1.165) is 28.2 Å². The summed E-state index contributed by atoms with van der Waals surface area (Å²) >= 11 is 1.37. The van der Waals surface area contributed by atoms with E-state index in [1.807, 2.05) is 26.0 Å². The molecule has 0 radical (unpaired) electrons. The molecule has 0 unspecified atom stereocenters. The van der Waals surface area contributed by atoms with Gasteiger partial charge >= 0.3 is 0 Å². The van der Waals surface area contributed by atoms with Crippen LogP contribution >= 0.6 is 11.8 Å². The standard InChI is InChI=1S/C24H23F2N3O2S/c1-4-29(14-21(30)28-22-18(25)8-5-9-19(22)26)24(31)17-7-6-12-27-23(17)32-20-11-10-15(2)13-16(20)3/h5-13H,4,14H2,1-3H3,(H,28,30). The molecule has 5 nitrogen and oxygen atoms in total. The second-order valence-corrected chi connectivity index (χ2v) is 8.22. The van der Waals surface area contributed by atoms with Crippen LogP contribution in [0.25, 0.3) is 0 Å². The Kier molecular flexibility index (Phi) is 7.58. The second kappa shape index (κ2) is 10.4. The highest BCUT2D eigenvalue weighted by atomic mass is 32.2. The molecule has 0 aliphatic rings. The summed E-state index contributed by atoms with van der Waals surface area (Å²) in [7, 11) is 0. The molecule has 0 aliphatic carbocycles. The van der Waals surface area contributed by atoms with Gasteiger partial charge in [-0.15, -0.1) is 0 Å². The van der Waals surface area contributed by atoms with E-state index in [-0.39, 0.29) is 13.1 Å². The van der Waals surface area contributed by atoms with Crippen LogP contribution in [-0.2, 0) is 4.79 Å². The number of pyridine rings is 1. The molecule has 3 aromatic rings. The molecule has 0 saturated heterocycles. The fraction of sp³-hybridized carbons (Fsp3) is 0.208. The molecule has 32 heavy (non-hydrogen) atoms. The van der Waals surface area contributed by atoms with E-state index < -0.39 is 29.1 Å². The number of hydrogen-bond donors (Lipinski definition) is 1. The normalized spacial score (nSPS) is 10.7. The average molecular weight is 456 g/mol. The number of likely N-dealkylation sites (N-methyl/N-ethyl adjacent to an activating group) is 1. The van der Waals surface area contributed by atoms with Crippen LogP contribution in [0.5, 0.6) is 0 Å². The predicted molar refractivity (Wildman–Crippen MR) is 121 cm³/mol. The van der Waals surface area contributed by atoms with Gasteiger partial charge in [-0.1, -0.05) is 35.5 Å². The zero-order valence-electron chi connectivity index (χ0n) is 18.0. The molecular formula is C24H23F2N3O2S. The first-order chi connectivity index (χ1) is 15.3. The molecule has 1 N–H and O–H groups in total. The van der Waals surface area contributed by atoms with Crippen LogP contribution in [0.2, 0.25) is 0 Å². The molecule has 2 amide bonds. The molecule has 8 heteroatoms. The van der Waals surface area contributed by atoms with Gasteiger partial charge in [-0.05, 0) is 56.7 Å². The van der Waals surface area contributed by atoms with E-state index in [4.69, 9.17) is 0 Å². The van der Waals surface area contributed by atoms with Gasteiger partial charge in [0.2, 0.25) is 5.91 Å². The Labute approximate surface area is 189 Å². The van der Waals surface area contributed by atoms with Gasteiger partial charge in [0.1, 0.15) is 28.9 Å². The Morgan fingerprint density at radius 2 is 1.78 bits per heavy atom. The van der Waals surface area contributed by atoms with Crippen molar-refractivity contribution >= 4 is 29.3 Å². The van der Waals surface area contributed by atoms with Gasteiger partial charge in [0.15, 0.2) is 0 Å². The third-order valence-corrected chi connectivity index (χ3v) is 5.97. The molecule has 0 atom stereocenters. The number of hydrogen-bond acceptors (Lipinski definition) is 4. The minimum absolute atomic E-state index is 0.231. The summed E-state index contributed by atoms with van der Waals surface area (Å²) in [6.07, 6.45) is 1.60. The largest absolute Gasteiger partial charge is 0.330 e. The third-order valence-electron chi connectivity index (χ3n) is 4.77. The van der Waals surface area contributed by atoms with Crippen molar-refractivity contribution in [3.8, 4) is 0 Å². The highest BCUT2D eigenvalue weighted by Gasteiger charge is 2.22. The number of amides is 2. The molecule has 0 aliphatic heterocycles. The topological polar surface area (TPSA) is 62.3 Å². The first-order valence-corrected chi connectivity index (χ1v) is 10.8. The van der Waals surface area contributed by atoms with Gasteiger partial charge < -0.3 is 10.2 Å². The summed E-state index contributed by atoms with van der Waals surface area (Å²) in [6, 6.07) is 12.6. The summed E-state index contributed by atoms with van der Waals surface area (Å²) < 4.78 is 27.6. The van der Waals surface area contributed by atoms with Gasteiger partial charge in [0.05, 0.1) is 5.56 Å². The molecular weight excluding hydrogens is 432 g/mol. The highest BCUT2D eigenvalue weighted by Crippen LogP contribution is 2.32. The van der Waals surface area contributed by atoms with Crippen molar-refractivity contribution in [1.82, 2.24) is 9.88 Å². The number of anilines is 1. The number of para-hydroxylation sites is 1. The lowest BCUT2D eigenvalue weighted by molar-refractivity contribution is -0.116. The predicted octanol–water partition coefficient (Wildman–Crippen LogP) is 5.23. The maximum atomic E-state index is 13.8. The Bertz CT molecular complexity index is 1130. The van der Waals surface area contributed by atoms with Crippen LogP contribution in [0.3, 0.4) is 0 Å². The number of nitrogens with zero attached hydrogens (tertiary/aromatic N) is 2. The van der Waals surface area contributed by atoms with Crippen LogP contribution in [0.15, 0.2) is 64.6 Å². The number of carbonyl (C=O) groups is 2. The number of benzene rings is 2. The average Bonchev–Trinajstić information content (AvgIpc) is 2.76. The van der Waals surface area contributed by atoms with E-state index in [1.165, 1.54) is 22.7 Å². The first-order valence-electron chi connectivity index (χ1n) is 10.0. The zero-order valence-corrected chi connectivity index (χ0v) is 18.8. The fourth-order valence-corrected chi connectivity index (χ4v) is 4.06. The van der Waals surface area contributed by atoms with Crippen LogP contribution in [0.1, 0.15) is 28.4 Å². The van der Waals surface area contributed by atoms with Crippen molar-refractivity contribution in [3.63, 3.8) is 0 Å². The number of aromatic nitrogens is 1. The Morgan fingerprint density at radius 3 is 2.44 bits per heavy atom. The second-order valence-electron chi connectivity index (χ2n) is 7.19. The van der Waals surface area contributed by atoms with E-state index in [2.05, 4.69) is 16.4 Å². The van der Waals surface area contributed by atoms with Crippen LogP contribution in [-0.4, -0.2) is 34.8 Å². The smallest absolute Gasteiger partial charge is 0.257 e. The van der Waals surface area contributed by atoms with E-state index in [1.54, 1.807) is 25.3 Å². The SMILES string of the molecule is CCN(CC(=O)Nc1c(F)cccc1F)C(=O)c1cccnc1Sc1ccc(C)cc1C. The highest BCUT2D eigenvalue weighted by molar-refractivity contribution is 7.99. The molecule has 1 aromatic heterocycles. The molecule has 166 valence electrons. The van der Waals surface area contributed by atoms with Crippen molar-refractivity contribution < 1.29 is 18.4 Å². The zero-order chi connectivity index (χ0) is 23.3. The van der Waals surface area contributed by atoms with Crippen molar-refractivity contribution in [2.24, 2.45) is 0 Å². The molecule has 2 aromatic carbocycles. The maximum absolute atomic E-state index is 13.8. The molecule has 0 saturated carbocycles. The monoisotopic (exact) mass is 455 g/mol. The Morgan fingerprint density at radius 1 is 1.06 bits per heavy atom.